The standard InChI is InChI=1S/C9H10BrClO/c1-6(12)7-2-3-8(5-10)9(11)4-7/h2-4,6,12H,5H2,1H3. The number of hydrogen-bond donors (Lipinski definition) is 1. The van der Waals surface area contributed by atoms with E-state index in [9.17, 15) is 5.11 Å². The molecule has 12 heavy (non-hydrogen) atoms. The molecule has 0 heterocycles. The van der Waals surface area contributed by atoms with Crippen LogP contribution < -0.4 is 0 Å². The first-order valence-electron chi connectivity index (χ1n) is 3.67. The van der Waals surface area contributed by atoms with Gasteiger partial charge in [0.05, 0.1) is 6.10 Å². The highest BCUT2D eigenvalue weighted by molar-refractivity contribution is 9.08. The summed E-state index contributed by atoms with van der Waals surface area (Å²) in [5, 5.41) is 10.7. The van der Waals surface area contributed by atoms with Gasteiger partial charge in [-0.05, 0) is 24.1 Å². The molecule has 1 atom stereocenters. The van der Waals surface area contributed by atoms with Crippen molar-refractivity contribution in [3.63, 3.8) is 0 Å². The van der Waals surface area contributed by atoms with Crippen LogP contribution in [0.25, 0.3) is 0 Å². The molecule has 0 aliphatic rings. The van der Waals surface area contributed by atoms with E-state index in [1.54, 1.807) is 13.0 Å². The van der Waals surface area contributed by atoms with Gasteiger partial charge in [-0.2, -0.15) is 0 Å². The summed E-state index contributed by atoms with van der Waals surface area (Å²) >= 11 is 9.26. The minimum atomic E-state index is -0.452. The van der Waals surface area contributed by atoms with Gasteiger partial charge in [-0.1, -0.05) is 39.7 Å². The van der Waals surface area contributed by atoms with Crippen molar-refractivity contribution in [2.24, 2.45) is 0 Å². The maximum atomic E-state index is 9.24. The van der Waals surface area contributed by atoms with Crippen LogP contribution in [0.15, 0.2) is 18.2 Å². The number of halogens is 2. The summed E-state index contributed by atoms with van der Waals surface area (Å²) in [6.07, 6.45) is -0.452. The Bertz CT molecular complexity index is 273. The molecule has 0 aromatic heterocycles. The molecule has 1 rings (SSSR count). The average Bonchev–Trinajstić information content (AvgIpc) is 2.04. The lowest BCUT2D eigenvalue weighted by Crippen LogP contribution is -1.91. The first-order valence-corrected chi connectivity index (χ1v) is 5.17. The van der Waals surface area contributed by atoms with Crippen LogP contribution in [0.4, 0.5) is 0 Å². The lowest BCUT2D eigenvalue weighted by molar-refractivity contribution is 0.199. The van der Waals surface area contributed by atoms with Crippen molar-refractivity contribution in [1.29, 1.82) is 0 Å². The highest BCUT2D eigenvalue weighted by Gasteiger charge is 2.03. The monoisotopic (exact) mass is 248 g/mol. The molecule has 0 fully saturated rings. The summed E-state index contributed by atoms with van der Waals surface area (Å²) in [6, 6.07) is 5.59. The predicted molar refractivity (Wildman–Crippen MR) is 54.7 cm³/mol. The van der Waals surface area contributed by atoms with E-state index in [2.05, 4.69) is 15.9 Å². The second kappa shape index (κ2) is 4.26. The van der Waals surface area contributed by atoms with Crippen molar-refractivity contribution in [1.82, 2.24) is 0 Å². The third-order valence-corrected chi connectivity index (χ3v) is 2.66. The minimum absolute atomic E-state index is 0.452. The Morgan fingerprint density at radius 1 is 1.58 bits per heavy atom. The average molecular weight is 250 g/mol. The Balaban J connectivity index is 3.02. The van der Waals surface area contributed by atoms with E-state index in [1.807, 2.05) is 12.1 Å². The maximum absolute atomic E-state index is 9.24. The van der Waals surface area contributed by atoms with Crippen LogP contribution in [-0.4, -0.2) is 5.11 Å². The number of aliphatic hydroxyl groups excluding tert-OH is 1. The lowest BCUT2D eigenvalue weighted by Gasteiger charge is -2.06. The molecule has 0 radical (unpaired) electrons. The molecule has 3 heteroatoms. The van der Waals surface area contributed by atoms with Gasteiger partial charge in [0.2, 0.25) is 0 Å². The van der Waals surface area contributed by atoms with Gasteiger partial charge in [-0.3, -0.25) is 0 Å². The number of alkyl halides is 1. The summed E-state index contributed by atoms with van der Waals surface area (Å²) in [7, 11) is 0. The zero-order chi connectivity index (χ0) is 9.14. The number of rotatable bonds is 2. The molecule has 0 aliphatic heterocycles. The second-order valence-electron chi connectivity index (χ2n) is 2.66. The van der Waals surface area contributed by atoms with Gasteiger partial charge in [0.1, 0.15) is 0 Å². The number of aliphatic hydroxyl groups is 1. The quantitative estimate of drug-likeness (QED) is 0.798. The number of hydrogen-bond acceptors (Lipinski definition) is 1. The lowest BCUT2D eigenvalue weighted by atomic mass is 10.1. The normalized spacial score (nSPS) is 13.0. The Hall–Kier alpha value is -0.0500. The summed E-state index contributed by atoms with van der Waals surface area (Å²) in [6.45, 7) is 1.72. The summed E-state index contributed by atoms with van der Waals surface area (Å²) < 4.78 is 0. The molecule has 0 spiro atoms. The van der Waals surface area contributed by atoms with E-state index in [-0.39, 0.29) is 0 Å². The van der Waals surface area contributed by atoms with Crippen LogP contribution >= 0.6 is 27.5 Å². The zero-order valence-corrected chi connectivity index (χ0v) is 9.06. The third-order valence-electron chi connectivity index (χ3n) is 1.70. The highest BCUT2D eigenvalue weighted by atomic mass is 79.9. The summed E-state index contributed by atoms with van der Waals surface area (Å²) in [5.41, 5.74) is 1.89. The molecule has 1 N–H and O–H groups in total. The Labute approximate surface area is 85.5 Å². The summed E-state index contributed by atoms with van der Waals surface area (Å²) in [5.74, 6) is 0. The Morgan fingerprint density at radius 3 is 2.67 bits per heavy atom. The Morgan fingerprint density at radius 2 is 2.25 bits per heavy atom. The van der Waals surface area contributed by atoms with Crippen LogP contribution in [0.3, 0.4) is 0 Å². The predicted octanol–water partition coefficient (Wildman–Crippen LogP) is 3.29. The maximum Gasteiger partial charge on any atom is 0.0762 e. The van der Waals surface area contributed by atoms with Gasteiger partial charge in [-0.25, -0.2) is 0 Å². The molecular formula is C9H10BrClO. The molecule has 1 unspecified atom stereocenters. The van der Waals surface area contributed by atoms with E-state index in [0.29, 0.717) is 5.02 Å². The number of benzene rings is 1. The van der Waals surface area contributed by atoms with Crippen LogP contribution in [0, 0.1) is 0 Å². The van der Waals surface area contributed by atoms with Crippen molar-refractivity contribution in [2.45, 2.75) is 18.4 Å². The largest absolute Gasteiger partial charge is 0.389 e. The molecule has 66 valence electrons. The van der Waals surface area contributed by atoms with Crippen LogP contribution in [0.5, 0.6) is 0 Å². The molecule has 1 nitrogen and oxygen atoms in total. The van der Waals surface area contributed by atoms with E-state index in [0.717, 1.165) is 16.5 Å². The van der Waals surface area contributed by atoms with Gasteiger partial charge in [-0.15, -0.1) is 0 Å². The van der Waals surface area contributed by atoms with Gasteiger partial charge in [0.25, 0.3) is 0 Å². The van der Waals surface area contributed by atoms with Crippen molar-refractivity contribution in [2.75, 3.05) is 0 Å². The van der Waals surface area contributed by atoms with Crippen molar-refractivity contribution < 1.29 is 5.11 Å². The first kappa shape index (κ1) is 10.0. The highest BCUT2D eigenvalue weighted by Crippen LogP contribution is 2.23. The van der Waals surface area contributed by atoms with Crippen molar-refractivity contribution in [3.05, 3.63) is 34.3 Å². The Kier molecular flexibility index (Phi) is 3.56. The van der Waals surface area contributed by atoms with Crippen molar-refractivity contribution >= 4 is 27.5 Å². The fourth-order valence-electron chi connectivity index (χ4n) is 0.932. The van der Waals surface area contributed by atoms with Gasteiger partial charge >= 0.3 is 0 Å². The topological polar surface area (TPSA) is 20.2 Å². The van der Waals surface area contributed by atoms with E-state index in [4.69, 9.17) is 11.6 Å². The van der Waals surface area contributed by atoms with Crippen LogP contribution in [0.2, 0.25) is 5.02 Å². The first-order chi connectivity index (χ1) is 5.65. The molecule has 0 amide bonds. The molecule has 0 bridgehead atoms. The molecular weight excluding hydrogens is 239 g/mol. The van der Waals surface area contributed by atoms with Crippen LogP contribution in [-0.2, 0) is 5.33 Å². The fourth-order valence-corrected chi connectivity index (χ4v) is 1.84. The van der Waals surface area contributed by atoms with E-state index in [1.165, 1.54) is 0 Å². The van der Waals surface area contributed by atoms with Gasteiger partial charge in [0.15, 0.2) is 0 Å². The van der Waals surface area contributed by atoms with E-state index >= 15 is 0 Å². The van der Waals surface area contributed by atoms with Gasteiger partial charge < -0.3 is 5.11 Å². The third kappa shape index (κ3) is 2.22. The molecule has 0 saturated carbocycles. The van der Waals surface area contributed by atoms with E-state index < -0.39 is 6.10 Å². The fraction of sp³-hybridized carbons (Fsp3) is 0.333. The SMILES string of the molecule is CC(O)c1ccc(CBr)c(Cl)c1. The zero-order valence-electron chi connectivity index (χ0n) is 6.72. The summed E-state index contributed by atoms with van der Waals surface area (Å²) in [4.78, 5) is 0. The molecule has 0 aliphatic carbocycles. The minimum Gasteiger partial charge on any atom is -0.389 e. The molecule has 0 saturated heterocycles. The molecule has 1 aromatic rings. The van der Waals surface area contributed by atoms with Gasteiger partial charge in [0, 0.05) is 10.4 Å². The molecule has 1 aromatic carbocycles. The van der Waals surface area contributed by atoms with Crippen molar-refractivity contribution in [3.8, 4) is 0 Å². The smallest absolute Gasteiger partial charge is 0.0762 e. The van der Waals surface area contributed by atoms with Crippen LogP contribution in [0.1, 0.15) is 24.2 Å². The second-order valence-corrected chi connectivity index (χ2v) is 3.63.